The Labute approximate surface area is 293 Å². The second kappa shape index (κ2) is 15.3. The number of alkyl halides is 6. The molecule has 2 heterocycles. The first-order valence-corrected chi connectivity index (χ1v) is 16.4. The number of aromatic nitrogens is 1. The second-order valence-corrected chi connectivity index (χ2v) is 13.8. The lowest BCUT2D eigenvalue weighted by molar-refractivity contribution is -0.140. The van der Waals surface area contributed by atoms with Crippen LogP contribution in [0.4, 0.5) is 39.5 Å². The molecule has 1 aliphatic rings. The first kappa shape index (κ1) is 40.4. The number of benzene rings is 2. The van der Waals surface area contributed by atoms with Gasteiger partial charge in [0, 0.05) is 43.0 Å². The maximum Gasteiger partial charge on any atom is 0.419 e. The topological polar surface area (TPSA) is 91.6 Å². The highest BCUT2D eigenvalue weighted by Crippen LogP contribution is 2.42. The van der Waals surface area contributed by atoms with Crippen molar-refractivity contribution < 1.29 is 54.2 Å². The molecule has 0 bridgehead atoms. The summed E-state index contributed by atoms with van der Waals surface area (Å²) in [5, 5.41) is 11.8. The van der Waals surface area contributed by atoms with Crippen molar-refractivity contribution in [3.05, 3.63) is 91.6 Å². The van der Waals surface area contributed by atoms with Crippen molar-refractivity contribution in [2.24, 2.45) is 11.8 Å². The molecular weight excluding hydrogens is 709 g/mol. The average molecular weight is 748 g/mol. The number of amides is 1. The molecule has 1 aliphatic heterocycles. The molecule has 1 aromatic heterocycles. The quantitative estimate of drug-likeness (QED) is 0.183. The predicted molar refractivity (Wildman–Crippen MR) is 173 cm³/mol. The van der Waals surface area contributed by atoms with Crippen molar-refractivity contribution in [1.82, 2.24) is 14.8 Å². The zero-order valence-corrected chi connectivity index (χ0v) is 28.9. The maximum atomic E-state index is 16.4. The monoisotopic (exact) mass is 747 g/mol. The minimum atomic E-state index is -5.47. The van der Waals surface area contributed by atoms with Crippen LogP contribution in [0.1, 0.15) is 79.1 Å². The van der Waals surface area contributed by atoms with E-state index >= 15 is 8.78 Å². The van der Waals surface area contributed by atoms with Gasteiger partial charge in [-0.1, -0.05) is 26.8 Å². The molecule has 284 valence electrons. The van der Waals surface area contributed by atoms with Crippen molar-refractivity contribution in [2.45, 2.75) is 78.3 Å². The number of carbonyl (C=O) groups excluding carboxylic acids is 1. The zero-order chi connectivity index (χ0) is 39.0. The Morgan fingerprint density at radius 1 is 0.962 bits per heavy atom. The van der Waals surface area contributed by atoms with Crippen LogP contribution in [-0.2, 0) is 28.4 Å². The lowest BCUT2D eigenvalue weighted by Gasteiger charge is -2.37. The first-order valence-electron chi connectivity index (χ1n) is 16.4. The lowest BCUT2D eigenvalue weighted by atomic mass is 9.89. The summed E-state index contributed by atoms with van der Waals surface area (Å²) in [6.07, 6.45) is -11.3. The fourth-order valence-corrected chi connectivity index (χ4v) is 6.64. The van der Waals surface area contributed by atoms with E-state index < -0.39 is 93.9 Å². The van der Waals surface area contributed by atoms with Gasteiger partial charge in [0.2, 0.25) is 5.91 Å². The Hall–Kier alpha value is -4.34. The smallest absolute Gasteiger partial charge is 0.419 e. The number of aryl methyl sites for hydroxylation is 1. The van der Waals surface area contributed by atoms with Crippen LogP contribution in [0.3, 0.4) is 0 Å². The Bertz CT molecular complexity index is 1900. The van der Waals surface area contributed by atoms with E-state index in [0.717, 1.165) is 25.3 Å². The van der Waals surface area contributed by atoms with Crippen LogP contribution in [0, 0.1) is 43.1 Å². The molecule has 4 rings (SSSR count). The highest BCUT2D eigenvalue weighted by Gasteiger charge is 2.41. The van der Waals surface area contributed by atoms with Gasteiger partial charge in [0.1, 0.15) is 23.5 Å². The van der Waals surface area contributed by atoms with Gasteiger partial charge in [-0.15, -0.1) is 0 Å². The second-order valence-electron chi connectivity index (χ2n) is 13.8. The molecule has 3 aromatic rings. The molecule has 0 saturated carbocycles. The largest absolute Gasteiger partial charge is 0.481 e. The number of hydrogen-bond acceptors (Lipinski definition) is 4. The number of likely N-dealkylation sites (tertiary alicyclic amines) is 1. The summed E-state index contributed by atoms with van der Waals surface area (Å²) < 4.78 is 132. The van der Waals surface area contributed by atoms with Crippen molar-refractivity contribution >= 4 is 11.9 Å². The molecule has 0 radical (unpaired) electrons. The third-order valence-electron chi connectivity index (χ3n) is 9.10. The van der Waals surface area contributed by atoms with Crippen LogP contribution >= 0.6 is 0 Å². The third kappa shape index (κ3) is 8.81. The lowest BCUT2D eigenvalue weighted by Crippen LogP contribution is -2.46. The van der Waals surface area contributed by atoms with Gasteiger partial charge in [0.05, 0.1) is 23.6 Å². The predicted octanol–water partition coefficient (Wildman–Crippen LogP) is 8.00. The molecule has 0 spiro atoms. The maximum absolute atomic E-state index is 16.4. The van der Waals surface area contributed by atoms with Gasteiger partial charge in [-0.2, -0.15) is 26.3 Å². The van der Waals surface area contributed by atoms with E-state index in [4.69, 9.17) is 0 Å². The average Bonchev–Trinajstić information content (AvgIpc) is 2.99. The number of hydrogen-bond donors (Lipinski definition) is 2. The van der Waals surface area contributed by atoms with E-state index in [1.54, 1.807) is 13.8 Å². The van der Waals surface area contributed by atoms with E-state index in [9.17, 15) is 50.2 Å². The fraction of sp³-hybridized carbons (Fsp3) is 0.472. The van der Waals surface area contributed by atoms with E-state index in [0.29, 0.717) is 29.6 Å². The summed E-state index contributed by atoms with van der Waals surface area (Å²) in [5.41, 5.74) is -7.79. The minimum Gasteiger partial charge on any atom is -0.481 e. The number of rotatable bonds is 12. The van der Waals surface area contributed by atoms with Gasteiger partial charge < -0.3 is 19.9 Å². The summed E-state index contributed by atoms with van der Waals surface area (Å²) in [4.78, 5) is 41.0. The molecule has 52 heavy (non-hydrogen) atoms. The summed E-state index contributed by atoms with van der Waals surface area (Å²) >= 11 is 0. The Morgan fingerprint density at radius 2 is 1.58 bits per heavy atom. The van der Waals surface area contributed by atoms with Crippen LogP contribution in [0.2, 0.25) is 0 Å². The van der Waals surface area contributed by atoms with Gasteiger partial charge in [-0.3, -0.25) is 14.4 Å². The summed E-state index contributed by atoms with van der Waals surface area (Å²) in [7, 11) is 0. The molecular formula is C36H38F9N3O4. The summed E-state index contributed by atoms with van der Waals surface area (Å²) in [6, 6.07) is -1.41. The number of halogens is 9. The van der Waals surface area contributed by atoms with E-state index in [-0.39, 0.29) is 47.7 Å². The molecule has 1 saturated heterocycles. The summed E-state index contributed by atoms with van der Waals surface area (Å²) in [5.74, 6) is -8.05. The Kier molecular flexibility index (Phi) is 11.9. The van der Waals surface area contributed by atoms with Crippen LogP contribution in [0.5, 0.6) is 0 Å². The van der Waals surface area contributed by atoms with E-state index in [2.05, 4.69) is 5.32 Å². The van der Waals surface area contributed by atoms with Crippen LogP contribution in [0.15, 0.2) is 35.3 Å². The number of pyridine rings is 1. The standard InChI is InChI=1S/C36H38F9N3O4/c1-17(2)10-27(48-16-21(8-9-47-14-18(3)15-47)23(12-28(48)49)35(40,41)42)34(52)46-26(13-29(50)51)31-32(38)22(11-24(33(31)39)36(43,44)45)30-19(4)6-7-25(37)20(30)5/h6-7,11-12,16-18,26-27H,8-10,13-15H2,1-5H3,(H,46,52)(H,50,51)/t26-,27?/m0/s1. The molecule has 16 heteroatoms. The number of carboxylic acid groups (broad SMARTS) is 1. The van der Waals surface area contributed by atoms with Gasteiger partial charge >= 0.3 is 18.3 Å². The Morgan fingerprint density at radius 3 is 2.12 bits per heavy atom. The van der Waals surface area contributed by atoms with Crippen LogP contribution in [0.25, 0.3) is 11.1 Å². The SMILES string of the molecule is Cc1ccc(F)c(C)c1-c1cc(C(F)(F)F)c(F)c([C@H](CC(=O)O)NC(=O)C(CC(C)C)n2cc(CCN3CC(C)C3)c(C(F)(F)F)cc2=O)c1F. The molecule has 1 fully saturated rings. The van der Waals surface area contributed by atoms with Crippen LogP contribution in [-0.4, -0.2) is 46.1 Å². The molecule has 7 nitrogen and oxygen atoms in total. The number of nitrogens with zero attached hydrogens (tertiary/aromatic N) is 2. The van der Waals surface area contributed by atoms with Crippen molar-refractivity contribution in [1.29, 1.82) is 0 Å². The van der Waals surface area contributed by atoms with Crippen molar-refractivity contribution in [2.75, 3.05) is 19.6 Å². The molecule has 2 aromatic carbocycles. The summed E-state index contributed by atoms with van der Waals surface area (Å²) in [6.45, 7) is 9.14. The van der Waals surface area contributed by atoms with Gasteiger partial charge in [-0.05, 0) is 72.9 Å². The van der Waals surface area contributed by atoms with Crippen molar-refractivity contribution in [3.8, 4) is 11.1 Å². The van der Waals surface area contributed by atoms with Gasteiger partial charge in [-0.25, -0.2) is 13.2 Å². The van der Waals surface area contributed by atoms with Crippen molar-refractivity contribution in [3.63, 3.8) is 0 Å². The molecule has 1 amide bonds. The highest BCUT2D eigenvalue weighted by atomic mass is 19.4. The number of aliphatic carboxylic acids is 1. The molecule has 2 N–H and O–H groups in total. The van der Waals surface area contributed by atoms with Crippen LogP contribution < -0.4 is 10.9 Å². The van der Waals surface area contributed by atoms with Gasteiger partial charge in [0.15, 0.2) is 0 Å². The fourth-order valence-electron chi connectivity index (χ4n) is 6.64. The van der Waals surface area contributed by atoms with E-state index in [1.807, 2.05) is 11.8 Å². The Balaban J connectivity index is 1.88. The number of nitrogens with one attached hydrogen (secondary N) is 1. The highest BCUT2D eigenvalue weighted by molar-refractivity contribution is 5.82. The van der Waals surface area contributed by atoms with E-state index in [1.165, 1.54) is 6.92 Å². The number of carboxylic acids is 1. The molecule has 2 atom stereocenters. The number of carbonyl (C=O) groups is 2. The minimum absolute atomic E-state index is 0.0976. The zero-order valence-electron chi connectivity index (χ0n) is 28.9. The third-order valence-corrected chi connectivity index (χ3v) is 9.10. The molecule has 1 unspecified atom stereocenters. The molecule has 0 aliphatic carbocycles. The van der Waals surface area contributed by atoms with Gasteiger partial charge in [0.25, 0.3) is 5.56 Å². The first-order chi connectivity index (χ1) is 24.0. The normalized spacial score (nSPS) is 15.4.